The largest absolute Gasteiger partial charge is 0.481 e. The minimum absolute atomic E-state index is 0.0475. The van der Waals surface area contributed by atoms with E-state index in [4.69, 9.17) is 5.11 Å². The van der Waals surface area contributed by atoms with Gasteiger partial charge in [-0.05, 0) is 36.2 Å². The fourth-order valence-electron chi connectivity index (χ4n) is 4.14. The number of imide groups is 2. The Balaban J connectivity index is 1.42. The van der Waals surface area contributed by atoms with E-state index >= 15 is 0 Å². The highest BCUT2D eigenvalue weighted by Crippen LogP contribution is 2.31. The third-order valence-electron chi connectivity index (χ3n) is 5.76. The van der Waals surface area contributed by atoms with Crippen LogP contribution in [0.5, 0.6) is 0 Å². The van der Waals surface area contributed by atoms with Gasteiger partial charge in [-0.1, -0.05) is 23.4 Å². The molecule has 5 rings (SSSR count). The van der Waals surface area contributed by atoms with E-state index in [1.807, 2.05) is 0 Å². The number of benzene rings is 2. The van der Waals surface area contributed by atoms with Crippen molar-refractivity contribution >= 4 is 29.6 Å². The number of rotatable bonds is 5. The monoisotopic (exact) mass is 459 g/mol. The van der Waals surface area contributed by atoms with Crippen molar-refractivity contribution in [3.8, 4) is 16.9 Å². The van der Waals surface area contributed by atoms with Crippen LogP contribution >= 0.6 is 0 Å². The molecule has 4 amide bonds. The Morgan fingerprint density at radius 3 is 2.62 bits per heavy atom. The van der Waals surface area contributed by atoms with Crippen molar-refractivity contribution in [3.05, 3.63) is 65.4 Å². The van der Waals surface area contributed by atoms with E-state index in [2.05, 4.69) is 15.6 Å². The predicted molar refractivity (Wildman–Crippen MR) is 115 cm³/mol. The number of piperidine rings is 1. The second-order valence-corrected chi connectivity index (χ2v) is 8.00. The highest BCUT2D eigenvalue weighted by Gasteiger charge is 2.44. The van der Waals surface area contributed by atoms with Crippen LogP contribution in [0.3, 0.4) is 0 Å². The van der Waals surface area contributed by atoms with Crippen LogP contribution in [0.25, 0.3) is 16.9 Å². The molecule has 3 heterocycles. The first kappa shape index (κ1) is 21.2. The van der Waals surface area contributed by atoms with Crippen molar-refractivity contribution in [2.45, 2.75) is 25.3 Å². The first-order valence-electron chi connectivity index (χ1n) is 10.4. The van der Waals surface area contributed by atoms with E-state index in [0.29, 0.717) is 22.5 Å². The van der Waals surface area contributed by atoms with Crippen LogP contribution in [-0.4, -0.2) is 60.6 Å². The Kier molecular flexibility index (Phi) is 5.01. The average molecular weight is 459 g/mol. The van der Waals surface area contributed by atoms with Gasteiger partial charge in [0, 0.05) is 12.0 Å². The van der Waals surface area contributed by atoms with E-state index in [0.717, 1.165) is 4.90 Å². The number of carbonyl (C=O) groups is 5. The van der Waals surface area contributed by atoms with Gasteiger partial charge in [0.1, 0.15) is 11.7 Å². The molecule has 0 radical (unpaired) electrons. The Morgan fingerprint density at radius 2 is 1.85 bits per heavy atom. The van der Waals surface area contributed by atoms with Crippen molar-refractivity contribution in [2.24, 2.45) is 0 Å². The van der Waals surface area contributed by atoms with Crippen LogP contribution in [0.2, 0.25) is 0 Å². The minimum atomic E-state index is -1.03. The Labute approximate surface area is 192 Å². The number of aliphatic carboxylic acids is 1. The fourth-order valence-corrected chi connectivity index (χ4v) is 4.14. The van der Waals surface area contributed by atoms with E-state index in [1.54, 1.807) is 36.5 Å². The Morgan fingerprint density at radius 1 is 1.06 bits per heavy atom. The molecule has 11 heteroatoms. The number of hydrogen-bond donors (Lipinski definition) is 2. The molecule has 2 N–H and O–H groups in total. The molecular formula is C23H17N5O6. The van der Waals surface area contributed by atoms with Gasteiger partial charge >= 0.3 is 5.97 Å². The van der Waals surface area contributed by atoms with E-state index in [1.165, 1.54) is 16.8 Å². The van der Waals surface area contributed by atoms with Crippen molar-refractivity contribution in [1.29, 1.82) is 0 Å². The smallest absolute Gasteiger partial charge is 0.307 e. The van der Waals surface area contributed by atoms with Gasteiger partial charge in [-0.25, -0.2) is 4.68 Å². The minimum Gasteiger partial charge on any atom is -0.481 e. The quantitative estimate of drug-likeness (QED) is 0.536. The summed E-state index contributed by atoms with van der Waals surface area (Å²) < 4.78 is 1.48. The lowest BCUT2D eigenvalue weighted by atomic mass is 10.0. The molecule has 3 aromatic rings. The molecular weight excluding hydrogens is 442 g/mol. The molecule has 2 aliphatic rings. The van der Waals surface area contributed by atoms with Crippen LogP contribution in [-0.2, 0) is 20.8 Å². The van der Waals surface area contributed by atoms with Gasteiger partial charge in [-0.15, -0.1) is 5.10 Å². The Hall–Kier alpha value is -4.67. The third kappa shape index (κ3) is 3.62. The van der Waals surface area contributed by atoms with Crippen LogP contribution in [0.1, 0.15) is 39.1 Å². The highest BCUT2D eigenvalue weighted by molar-refractivity contribution is 6.23. The number of carbonyl (C=O) groups excluding carboxylic acids is 4. The zero-order valence-electron chi connectivity index (χ0n) is 17.6. The summed E-state index contributed by atoms with van der Waals surface area (Å²) in [5.41, 5.74) is 2.52. The van der Waals surface area contributed by atoms with E-state index in [-0.39, 0.29) is 30.4 Å². The molecule has 1 aromatic heterocycles. The SMILES string of the molecule is O=C(O)Cc1cccc(-n2cc(-c3ccc4c(c3)C(=O)N(C3CCC(=O)NC3=O)C4=O)nn2)c1. The van der Waals surface area contributed by atoms with Crippen LogP contribution in [0.15, 0.2) is 48.7 Å². The number of aromatic nitrogens is 3. The number of fused-ring (bicyclic) bond motifs is 1. The maximum atomic E-state index is 13.0. The van der Waals surface area contributed by atoms with Gasteiger partial charge in [-0.3, -0.25) is 34.2 Å². The molecule has 0 saturated carbocycles. The Bertz CT molecular complexity index is 1390. The van der Waals surface area contributed by atoms with E-state index < -0.39 is 35.6 Å². The van der Waals surface area contributed by atoms with Crippen LogP contribution < -0.4 is 5.32 Å². The number of carboxylic acid groups (broad SMARTS) is 1. The molecule has 1 atom stereocenters. The molecule has 1 unspecified atom stereocenters. The summed E-state index contributed by atoms with van der Waals surface area (Å²) in [6.45, 7) is 0. The fraction of sp³-hybridized carbons (Fsp3) is 0.174. The van der Waals surface area contributed by atoms with Gasteiger partial charge in [0.2, 0.25) is 11.8 Å². The van der Waals surface area contributed by atoms with Crippen molar-refractivity contribution in [2.75, 3.05) is 0 Å². The number of nitrogens with zero attached hydrogens (tertiary/aromatic N) is 4. The third-order valence-corrected chi connectivity index (χ3v) is 5.76. The number of amides is 4. The average Bonchev–Trinajstić information content (AvgIpc) is 3.38. The lowest BCUT2D eigenvalue weighted by Gasteiger charge is -2.27. The summed E-state index contributed by atoms with van der Waals surface area (Å²) in [5, 5.41) is 19.4. The zero-order chi connectivity index (χ0) is 24.0. The molecule has 0 spiro atoms. The number of hydrogen-bond acceptors (Lipinski definition) is 7. The second-order valence-electron chi connectivity index (χ2n) is 8.00. The molecule has 170 valence electrons. The lowest BCUT2D eigenvalue weighted by molar-refractivity contribution is -0.137. The number of carboxylic acids is 1. The van der Waals surface area contributed by atoms with Gasteiger partial charge < -0.3 is 5.11 Å². The molecule has 34 heavy (non-hydrogen) atoms. The first-order chi connectivity index (χ1) is 16.3. The van der Waals surface area contributed by atoms with Gasteiger partial charge in [-0.2, -0.15) is 0 Å². The van der Waals surface area contributed by atoms with Gasteiger partial charge in [0.05, 0.1) is 29.4 Å². The summed E-state index contributed by atoms with van der Waals surface area (Å²) in [5.74, 6) is -3.24. The molecule has 2 aromatic carbocycles. The number of nitrogens with one attached hydrogen (secondary N) is 1. The molecule has 11 nitrogen and oxygen atoms in total. The van der Waals surface area contributed by atoms with Gasteiger partial charge in [0.15, 0.2) is 0 Å². The second kappa shape index (κ2) is 8.03. The molecule has 0 aliphatic carbocycles. The maximum absolute atomic E-state index is 13.0. The summed E-state index contributed by atoms with van der Waals surface area (Å²) in [7, 11) is 0. The molecule has 1 saturated heterocycles. The lowest BCUT2D eigenvalue weighted by Crippen LogP contribution is -2.54. The maximum Gasteiger partial charge on any atom is 0.307 e. The van der Waals surface area contributed by atoms with Crippen LogP contribution in [0, 0.1) is 0 Å². The topological polar surface area (TPSA) is 152 Å². The summed E-state index contributed by atoms with van der Waals surface area (Å²) >= 11 is 0. The highest BCUT2D eigenvalue weighted by atomic mass is 16.4. The summed E-state index contributed by atoms with van der Waals surface area (Å²) in [6, 6.07) is 10.5. The molecule has 1 fully saturated rings. The predicted octanol–water partition coefficient (Wildman–Crippen LogP) is 0.963. The zero-order valence-corrected chi connectivity index (χ0v) is 17.6. The van der Waals surface area contributed by atoms with Crippen LogP contribution in [0.4, 0.5) is 0 Å². The normalized spacial score (nSPS) is 17.6. The molecule has 0 bridgehead atoms. The van der Waals surface area contributed by atoms with Crippen molar-refractivity contribution < 1.29 is 29.1 Å². The first-order valence-corrected chi connectivity index (χ1v) is 10.4. The standard InChI is InChI=1S/C23H17N5O6/c29-19-7-6-18(21(32)24-19)28-22(33)15-5-4-13(10-16(15)23(28)34)17-11-27(26-25-17)14-3-1-2-12(8-14)9-20(30)31/h1-5,8,10-11,18H,6-7,9H2,(H,30,31)(H,24,29,32). The van der Waals surface area contributed by atoms with Crippen molar-refractivity contribution in [3.63, 3.8) is 0 Å². The molecule has 2 aliphatic heterocycles. The van der Waals surface area contributed by atoms with Gasteiger partial charge in [0.25, 0.3) is 11.8 Å². The van der Waals surface area contributed by atoms with E-state index in [9.17, 15) is 24.0 Å². The van der Waals surface area contributed by atoms with Crippen molar-refractivity contribution in [1.82, 2.24) is 25.2 Å². The summed E-state index contributed by atoms with van der Waals surface area (Å²) in [4.78, 5) is 61.4. The summed E-state index contributed by atoms with van der Waals surface area (Å²) in [6.07, 6.45) is 1.63.